The van der Waals surface area contributed by atoms with E-state index in [2.05, 4.69) is 71.5 Å². The van der Waals surface area contributed by atoms with Crippen LogP contribution in [0, 0.1) is 0 Å². The van der Waals surface area contributed by atoms with Crippen molar-refractivity contribution in [3.8, 4) is 0 Å². The molecule has 1 N–H and O–H groups in total. The molecule has 1 heterocycles. The van der Waals surface area contributed by atoms with Gasteiger partial charge in [0, 0.05) is 20.3 Å². The quantitative estimate of drug-likeness (QED) is 0.708. The Morgan fingerprint density at radius 1 is 1.20 bits per heavy atom. The number of nitrogens with one attached hydrogen (secondary N) is 1. The Bertz CT molecular complexity index is 535. The van der Waals surface area contributed by atoms with Crippen LogP contribution in [-0.4, -0.2) is 6.54 Å². The second kappa shape index (κ2) is 7.96. The lowest BCUT2D eigenvalue weighted by Crippen LogP contribution is -2.23. The van der Waals surface area contributed by atoms with E-state index < -0.39 is 0 Å². The average Bonchev–Trinajstić information content (AvgIpc) is 2.92. The molecule has 1 unspecified atom stereocenters. The van der Waals surface area contributed by atoms with E-state index in [1.54, 1.807) is 0 Å². The van der Waals surface area contributed by atoms with E-state index in [1.165, 1.54) is 21.7 Å². The Morgan fingerprint density at radius 2 is 2.05 bits per heavy atom. The van der Waals surface area contributed by atoms with Gasteiger partial charge in [0.25, 0.3) is 0 Å². The number of rotatable bonds is 7. The van der Waals surface area contributed by atoms with E-state index in [-0.39, 0.29) is 0 Å². The molecule has 0 aliphatic rings. The van der Waals surface area contributed by atoms with Gasteiger partial charge in [0.1, 0.15) is 0 Å². The maximum atomic E-state index is 3.69. The second-order valence-electron chi connectivity index (χ2n) is 5.00. The van der Waals surface area contributed by atoms with E-state index in [1.807, 2.05) is 11.3 Å². The second-order valence-corrected chi connectivity index (χ2v) is 7.11. The molecule has 1 aromatic carbocycles. The number of benzene rings is 1. The summed E-state index contributed by atoms with van der Waals surface area (Å²) in [6.45, 7) is 5.51. The standard InChI is InChI=1S/C17H22BrNS/c1-3-10-19-16(17-9-8-15(4-2)20-17)12-13-6-5-7-14(18)11-13/h5-9,11,16,19H,3-4,10,12H2,1-2H3. The summed E-state index contributed by atoms with van der Waals surface area (Å²) in [7, 11) is 0. The molecule has 0 bridgehead atoms. The van der Waals surface area contributed by atoms with Gasteiger partial charge >= 0.3 is 0 Å². The predicted molar refractivity (Wildman–Crippen MR) is 92.6 cm³/mol. The van der Waals surface area contributed by atoms with E-state index in [9.17, 15) is 0 Å². The lowest BCUT2D eigenvalue weighted by Gasteiger charge is -2.17. The number of aryl methyl sites for hydroxylation is 1. The van der Waals surface area contributed by atoms with Gasteiger partial charge in [-0.05, 0) is 55.6 Å². The van der Waals surface area contributed by atoms with Crippen molar-refractivity contribution in [2.45, 2.75) is 39.2 Å². The minimum atomic E-state index is 0.426. The van der Waals surface area contributed by atoms with Gasteiger partial charge in [-0.15, -0.1) is 11.3 Å². The molecule has 108 valence electrons. The normalized spacial score (nSPS) is 12.6. The first-order valence-electron chi connectivity index (χ1n) is 7.29. The summed E-state index contributed by atoms with van der Waals surface area (Å²) in [4.78, 5) is 2.92. The van der Waals surface area contributed by atoms with Gasteiger partial charge in [-0.1, -0.05) is 41.9 Å². The van der Waals surface area contributed by atoms with Gasteiger partial charge in [0.15, 0.2) is 0 Å². The minimum Gasteiger partial charge on any atom is -0.309 e. The molecule has 0 saturated heterocycles. The third-order valence-corrected chi connectivity index (χ3v) is 5.18. The summed E-state index contributed by atoms with van der Waals surface area (Å²) in [6, 6.07) is 13.6. The molecule has 20 heavy (non-hydrogen) atoms. The van der Waals surface area contributed by atoms with Crippen LogP contribution in [0.1, 0.15) is 41.6 Å². The highest BCUT2D eigenvalue weighted by Gasteiger charge is 2.14. The van der Waals surface area contributed by atoms with Crippen molar-refractivity contribution >= 4 is 27.3 Å². The number of halogens is 1. The summed E-state index contributed by atoms with van der Waals surface area (Å²) < 4.78 is 1.16. The van der Waals surface area contributed by atoms with Crippen molar-refractivity contribution in [3.05, 3.63) is 56.2 Å². The highest BCUT2D eigenvalue weighted by atomic mass is 79.9. The molecule has 3 heteroatoms. The molecule has 0 radical (unpaired) electrons. The van der Waals surface area contributed by atoms with Crippen molar-refractivity contribution < 1.29 is 0 Å². The molecule has 0 fully saturated rings. The van der Waals surface area contributed by atoms with Gasteiger partial charge in [0.05, 0.1) is 0 Å². The molecule has 1 atom stereocenters. The Labute approximate surface area is 134 Å². The van der Waals surface area contributed by atoms with E-state index >= 15 is 0 Å². The molecule has 0 amide bonds. The van der Waals surface area contributed by atoms with Crippen LogP contribution in [0.25, 0.3) is 0 Å². The first kappa shape index (κ1) is 15.7. The van der Waals surface area contributed by atoms with Crippen LogP contribution in [0.4, 0.5) is 0 Å². The van der Waals surface area contributed by atoms with Crippen LogP contribution in [0.3, 0.4) is 0 Å². The fourth-order valence-electron chi connectivity index (χ4n) is 2.26. The van der Waals surface area contributed by atoms with Crippen molar-refractivity contribution in [2.75, 3.05) is 6.54 Å². The van der Waals surface area contributed by atoms with Crippen LogP contribution in [0.2, 0.25) is 0 Å². The Kier molecular flexibility index (Phi) is 6.27. The van der Waals surface area contributed by atoms with Crippen LogP contribution in [0.15, 0.2) is 40.9 Å². The predicted octanol–water partition coefficient (Wildman–Crippen LogP) is 5.36. The molecule has 1 nitrogen and oxygen atoms in total. The summed E-state index contributed by atoms with van der Waals surface area (Å²) >= 11 is 5.50. The summed E-state index contributed by atoms with van der Waals surface area (Å²) in [6.07, 6.45) is 3.34. The van der Waals surface area contributed by atoms with Crippen molar-refractivity contribution in [3.63, 3.8) is 0 Å². The first-order chi connectivity index (χ1) is 9.72. The molecule has 0 aliphatic carbocycles. The third kappa shape index (κ3) is 4.44. The number of hydrogen-bond acceptors (Lipinski definition) is 2. The average molecular weight is 352 g/mol. The van der Waals surface area contributed by atoms with Gasteiger partial charge < -0.3 is 5.32 Å². The zero-order valence-electron chi connectivity index (χ0n) is 12.2. The molecular weight excluding hydrogens is 330 g/mol. The fraction of sp³-hybridized carbons (Fsp3) is 0.412. The molecule has 2 rings (SSSR count). The number of hydrogen-bond donors (Lipinski definition) is 1. The lowest BCUT2D eigenvalue weighted by atomic mass is 10.0. The van der Waals surface area contributed by atoms with Gasteiger partial charge in [-0.3, -0.25) is 0 Å². The van der Waals surface area contributed by atoms with Crippen LogP contribution in [-0.2, 0) is 12.8 Å². The third-order valence-electron chi connectivity index (χ3n) is 3.34. The topological polar surface area (TPSA) is 12.0 Å². The van der Waals surface area contributed by atoms with Crippen LogP contribution >= 0.6 is 27.3 Å². The smallest absolute Gasteiger partial charge is 0.0455 e. The van der Waals surface area contributed by atoms with Crippen molar-refractivity contribution in [1.29, 1.82) is 0 Å². The van der Waals surface area contributed by atoms with Gasteiger partial charge in [0.2, 0.25) is 0 Å². The molecule has 0 spiro atoms. The highest BCUT2D eigenvalue weighted by molar-refractivity contribution is 9.10. The molecule has 0 aliphatic heterocycles. The maximum Gasteiger partial charge on any atom is 0.0455 e. The lowest BCUT2D eigenvalue weighted by molar-refractivity contribution is 0.536. The van der Waals surface area contributed by atoms with Crippen molar-refractivity contribution in [1.82, 2.24) is 5.32 Å². The fourth-order valence-corrected chi connectivity index (χ4v) is 3.74. The maximum absolute atomic E-state index is 3.69. The van der Waals surface area contributed by atoms with Gasteiger partial charge in [-0.25, -0.2) is 0 Å². The molecule has 0 saturated carbocycles. The van der Waals surface area contributed by atoms with Crippen molar-refractivity contribution in [2.24, 2.45) is 0 Å². The minimum absolute atomic E-state index is 0.426. The van der Waals surface area contributed by atoms with E-state index in [0.29, 0.717) is 6.04 Å². The SMILES string of the molecule is CCCNC(Cc1cccc(Br)c1)c1ccc(CC)s1. The Balaban J connectivity index is 2.14. The molecule has 2 aromatic rings. The first-order valence-corrected chi connectivity index (χ1v) is 8.90. The number of thiophene rings is 1. The molecular formula is C17H22BrNS. The Morgan fingerprint density at radius 3 is 2.70 bits per heavy atom. The zero-order chi connectivity index (χ0) is 14.4. The largest absolute Gasteiger partial charge is 0.309 e. The highest BCUT2D eigenvalue weighted by Crippen LogP contribution is 2.27. The van der Waals surface area contributed by atoms with Gasteiger partial charge in [-0.2, -0.15) is 0 Å². The van der Waals surface area contributed by atoms with Crippen LogP contribution in [0.5, 0.6) is 0 Å². The monoisotopic (exact) mass is 351 g/mol. The molecule has 1 aromatic heterocycles. The van der Waals surface area contributed by atoms with E-state index in [4.69, 9.17) is 0 Å². The zero-order valence-corrected chi connectivity index (χ0v) is 14.6. The Hall–Kier alpha value is -0.640. The summed E-state index contributed by atoms with van der Waals surface area (Å²) in [5.74, 6) is 0. The summed E-state index contributed by atoms with van der Waals surface area (Å²) in [5, 5.41) is 3.69. The van der Waals surface area contributed by atoms with E-state index in [0.717, 1.165) is 23.9 Å². The summed E-state index contributed by atoms with van der Waals surface area (Å²) in [5.41, 5.74) is 1.37. The van der Waals surface area contributed by atoms with Crippen LogP contribution < -0.4 is 5.32 Å².